The van der Waals surface area contributed by atoms with Crippen molar-refractivity contribution < 1.29 is 19.1 Å². The van der Waals surface area contributed by atoms with Gasteiger partial charge in [-0.15, -0.1) is 0 Å². The molecule has 0 spiro atoms. The van der Waals surface area contributed by atoms with Crippen molar-refractivity contribution in [3.8, 4) is 6.07 Å². The van der Waals surface area contributed by atoms with Crippen molar-refractivity contribution in [3.05, 3.63) is 70.8 Å². The van der Waals surface area contributed by atoms with Crippen molar-refractivity contribution in [2.24, 2.45) is 0 Å². The molecule has 8 heteroatoms. The molecule has 0 saturated heterocycles. The van der Waals surface area contributed by atoms with E-state index in [1.165, 1.54) is 31.2 Å². The van der Waals surface area contributed by atoms with Gasteiger partial charge >= 0.3 is 5.97 Å². The largest absolute Gasteiger partial charge is 0.454 e. The normalized spacial score (nSPS) is 11.3. The van der Waals surface area contributed by atoms with E-state index in [1.54, 1.807) is 6.08 Å². The number of benzene rings is 2. The molecule has 1 atom stereocenters. The lowest BCUT2D eigenvalue weighted by Gasteiger charge is -2.12. The van der Waals surface area contributed by atoms with Crippen molar-refractivity contribution in [2.75, 3.05) is 11.9 Å². The first-order chi connectivity index (χ1) is 13.9. The summed E-state index contributed by atoms with van der Waals surface area (Å²) in [5, 5.41) is 14.0. The molecule has 0 bridgehead atoms. The van der Waals surface area contributed by atoms with E-state index in [1.807, 2.05) is 36.4 Å². The number of carbonyl (C=O) groups is 3. The maximum atomic E-state index is 11.9. The third-order valence-electron chi connectivity index (χ3n) is 3.66. The summed E-state index contributed by atoms with van der Waals surface area (Å²) in [6.45, 7) is 0.922. The highest BCUT2D eigenvalue weighted by atomic mass is 35.5. The van der Waals surface area contributed by atoms with Crippen molar-refractivity contribution in [1.29, 1.82) is 5.26 Å². The highest BCUT2D eigenvalue weighted by Gasteiger charge is 2.17. The zero-order valence-corrected chi connectivity index (χ0v) is 16.3. The van der Waals surface area contributed by atoms with Crippen LogP contribution >= 0.6 is 11.6 Å². The fourth-order valence-electron chi connectivity index (χ4n) is 2.20. The first-order valence-corrected chi connectivity index (χ1v) is 8.96. The first kappa shape index (κ1) is 21.7. The summed E-state index contributed by atoms with van der Waals surface area (Å²) in [5.41, 5.74) is 1.49. The van der Waals surface area contributed by atoms with E-state index >= 15 is 0 Å². The summed E-state index contributed by atoms with van der Waals surface area (Å²) < 4.78 is 4.90. The average molecular weight is 412 g/mol. The van der Waals surface area contributed by atoms with E-state index in [0.29, 0.717) is 5.69 Å². The number of halogens is 1. The second-order valence-electron chi connectivity index (χ2n) is 5.94. The van der Waals surface area contributed by atoms with E-state index < -0.39 is 30.4 Å². The smallest absolute Gasteiger partial charge is 0.328 e. The fraction of sp³-hybridized carbons (Fsp3) is 0.143. The number of nitrogens with zero attached hydrogens (tertiary/aromatic N) is 1. The molecule has 148 valence electrons. The topological polar surface area (TPSA) is 108 Å². The minimum absolute atomic E-state index is 0.196. The van der Waals surface area contributed by atoms with Crippen LogP contribution in [0, 0.1) is 11.3 Å². The number of carbonyl (C=O) groups excluding carboxylic acids is 3. The van der Waals surface area contributed by atoms with Crippen molar-refractivity contribution in [2.45, 2.75) is 13.0 Å². The van der Waals surface area contributed by atoms with E-state index in [2.05, 4.69) is 10.6 Å². The number of rotatable bonds is 7. The third kappa shape index (κ3) is 7.13. The van der Waals surface area contributed by atoms with Crippen LogP contribution in [0.1, 0.15) is 18.1 Å². The second-order valence-corrected chi connectivity index (χ2v) is 6.34. The maximum Gasteiger partial charge on any atom is 0.328 e. The van der Waals surface area contributed by atoms with Crippen molar-refractivity contribution in [3.63, 3.8) is 0 Å². The van der Waals surface area contributed by atoms with Crippen LogP contribution in [0.4, 0.5) is 5.69 Å². The quantitative estimate of drug-likeness (QED) is 0.538. The predicted octanol–water partition coefficient (Wildman–Crippen LogP) is 2.91. The molecule has 0 unspecified atom stereocenters. The van der Waals surface area contributed by atoms with Crippen LogP contribution < -0.4 is 10.6 Å². The molecular formula is C21H18ClN3O4. The third-order valence-corrected chi connectivity index (χ3v) is 3.97. The van der Waals surface area contributed by atoms with Gasteiger partial charge in [0, 0.05) is 11.8 Å². The zero-order valence-electron chi connectivity index (χ0n) is 15.5. The number of anilines is 1. The number of esters is 1. The molecule has 2 amide bonds. The predicted molar refractivity (Wildman–Crippen MR) is 109 cm³/mol. The summed E-state index contributed by atoms with van der Waals surface area (Å²) >= 11 is 5.89. The highest BCUT2D eigenvalue weighted by molar-refractivity contribution is 6.32. The number of nitrogens with one attached hydrogen (secondary N) is 2. The Morgan fingerprint density at radius 2 is 1.93 bits per heavy atom. The standard InChI is InChI=1S/C21H18ClN3O4/c1-14(24-19(26)10-7-15-5-3-2-4-6-15)21(28)29-13-20(27)25-17-9-8-16(12-23)18(22)11-17/h2-11,14H,13H2,1H3,(H,24,26)(H,25,27)/b10-7+/t14-/m0/s1. The van der Waals surface area contributed by atoms with Gasteiger partial charge in [0.2, 0.25) is 5.91 Å². The van der Waals surface area contributed by atoms with E-state index in [0.717, 1.165) is 5.56 Å². The van der Waals surface area contributed by atoms with E-state index in [9.17, 15) is 14.4 Å². The van der Waals surface area contributed by atoms with E-state index in [-0.39, 0.29) is 10.6 Å². The van der Waals surface area contributed by atoms with Crippen LogP contribution in [-0.4, -0.2) is 30.4 Å². The maximum absolute atomic E-state index is 11.9. The molecule has 2 aromatic rings. The number of hydrogen-bond acceptors (Lipinski definition) is 5. The molecule has 2 N–H and O–H groups in total. The summed E-state index contributed by atoms with van der Waals surface area (Å²) in [6, 6.07) is 14.6. The minimum Gasteiger partial charge on any atom is -0.454 e. The van der Waals surface area contributed by atoms with Gasteiger partial charge in [-0.2, -0.15) is 5.26 Å². The Bertz CT molecular complexity index is 968. The monoisotopic (exact) mass is 411 g/mol. The van der Waals surface area contributed by atoms with Gasteiger partial charge in [0.25, 0.3) is 5.91 Å². The Morgan fingerprint density at radius 3 is 2.59 bits per heavy atom. The van der Waals surface area contributed by atoms with Gasteiger partial charge in [-0.25, -0.2) is 4.79 Å². The van der Waals surface area contributed by atoms with Gasteiger partial charge in [-0.3, -0.25) is 9.59 Å². The molecule has 2 rings (SSSR count). The molecule has 0 aliphatic heterocycles. The van der Waals surface area contributed by atoms with Crippen LogP contribution in [0.3, 0.4) is 0 Å². The minimum atomic E-state index is -0.930. The lowest BCUT2D eigenvalue weighted by Crippen LogP contribution is -2.39. The highest BCUT2D eigenvalue weighted by Crippen LogP contribution is 2.20. The van der Waals surface area contributed by atoms with Gasteiger partial charge < -0.3 is 15.4 Å². The summed E-state index contributed by atoms with van der Waals surface area (Å²) in [6.07, 6.45) is 2.92. The number of hydrogen-bond donors (Lipinski definition) is 2. The molecule has 7 nitrogen and oxygen atoms in total. The van der Waals surface area contributed by atoms with Crippen molar-refractivity contribution in [1.82, 2.24) is 5.32 Å². The van der Waals surface area contributed by atoms with Gasteiger partial charge in [0.05, 0.1) is 10.6 Å². The molecule has 29 heavy (non-hydrogen) atoms. The van der Waals surface area contributed by atoms with E-state index in [4.69, 9.17) is 21.6 Å². The molecule has 2 aromatic carbocycles. The number of nitriles is 1. The lowest BCUT2D eigenvalue weighted by atomic mass is 10.2. The van der Waals surface area contributed by atoms with Gasteiger partial charge in [0.15, 0.2) is 6.61 Å². The zero-order chi connectivity index (χ0) is 21.2. The van der Waals surface area contributed by atoms with Crippen LogP contribution in [0.5, 0.6) is 0 Å². The molecule has 0 radical (unpaired) electrons. The second kappa shape index (κ2) is 10.6. The lowest BCUT2D eigenvalue weighted by molar-refractivity contribution is -0.149. The van der Waals surface area contributed by atoms with Crippen molar-refractivity contribution >= 4 is 41.1 Å². The fourth-order valence-corrected chi connectivity index (χ4v) is 2.42. The SMILES string of the molecule is C[C@H](NC(=O)/C=C/c1ccccc1)C(=O)OCC(=O)Nc1ccc(C#N)c(Cl)c1. The van der Waals surface area contributed by atoms with Crippen LogP contribution in [-0.2, 0) is 19.1 Å². The number of ether oxygens (including phenoxy) is 1. The van der Waals surface area contributed by atoms with Crippen LogP contribution in [0.2, 0.25) is 5.02 Å². The molecular weight excluding hydrogens is 394 g/mol. The molecule has 0 fully saturated rings. The summed E-state index contributed by atoms with van der Waals surface area (Å²) in [5.74, 6) is -1.80. The molecule has 0 aliphatic carbocycles. The Morgan fingerprint density at radius 1 is 1.21 bits per heavy atom. The Labute approximate surface area is 172 Å². The Hall–Kier alpha value is -3.63. The van der Waals surface area contributed by atoms with Crippen LogP contribution in [0.25, 0.3) is 6.08 Å². The summed E-state index contributed by atoms with van der Waals surface area (Å²) in [4.78, 5) is 35.7. The van der Waals surface area contributed by atoms with Gasteiger partial charge in [-0.1, -0.05) is 41.9 Å². The summed E-state index contributed by atoms with van der Waals surface area (Å²) in [7, 11) is 0. The van der Waals surface area contributed by atoms with Gasteiger partial charge in [-0.05, 0) is 36.8 Å². The Kier molecular flexibility index (Phi) is 7.95. The molecule has 0 aromatic heterocycles. The number of amides is 2. The molecule has 0 aliphatic rings. The van der Waals surface area contributed by atoms with Crippen LogP contribution in [0.15, 0.2) is 54.6 Å². The van der Waals surface area contributed by atoms with Gasteiger partial charge in [0.1, 0.15) is 12.1 Å². The Balaban J connectivity index is 1.78. The molecule has 0 saturated carbocycles. The molecule has 0 heterocycles. The average Bonchev–Trinajstić information content (AvgIpc) is 2.71. The first-order valence-electron chi connectivity index (χ1n) is 8.59.